The highest BCUT2D eigenvalue weighted by Gasteiger charge is 2.24. The maximum atomic E-state index is 16.1. The predicted octanol–water partition coefficient (Wildman–Crippen LogP) is 5.41. The van der Waals surface area contributed by atoms with Crippen molar-refractivity contribution < 1.29 is 27.1 Å². The van der Waals surface area contributed by atoms with Gasteiger partial charge in [-0.25, -0.2) is 13.2 Å². The highest BCUT2D eigenvalue weighted by molar-refractivity contribution is 7.18. The van der Waals surface area contributed by atoms with Gasteiger partial charge in [-0.2, -0.15) is 14.4 Å². The minimum Gasteiger partial charge on any atom is -0.462 e. The van der Waals surface area contributed by atoms with E-state index in [1.165, 1.54) is 18.2 Å². The van der Waals surface area contributed by atoms with Crippen molar-refractivity contribution in [1.82, 2.24) is 20.2 Å². The van der Waals surface area contributed by atoms with Crippen molar-refractivity contribution in [2.75, 3.05) is 38.6 Å². The number of rotatable bonds is 9. The van der Waals surface area contributed by atoms with Gasteiger partial charge < -0.3 is 20.3 Å². The molecule has 4 aromatic rings. The first kappa shape index (κ1) is 26.8. The van der Waals surface area contributed by atoms with Crippen molar-refractivity contribution in [1.29, 1.82) is 0 Å². The van der Waals surface area contributed by atoms with E-state index in [2.05, 4.69) is 32.1 Å². The zero-order valence-corrected chi connectivity index (χ0v) is 21.8. The first-order valence-electron chi connectivity index (χ1n) is 12.3. The Kier molecular flexibility index (Phi) is 7.67. The molecule has 0 spiro atoms. The van der Waals surface area contributed by atoms with E-state index in [1.54, 1.807) is 12.1 Å². The van der Waals surface area contributed by atoms with Gasteiger partial charge in [0.05, 0.1) is 0 Å². The molecule has 3 heterocycles. The van der Waals surface area contributed by atoms with Gasteiger partial charge in [0.2, 0.25) is 5.13 Å². The number of likely N-dealkylation sites (N-methyl/N-ethyl adjacent to an activating group) is 1. The predicted molar refractivity (Wildman–Crippen MR) is 143 cm³/mol. The molecule has 1 atom stereocenters. The molecule has 2 N–H and O–H groups in total. The van der Waals surface area contributed by atoms with Gasteiger partial charge in [-0.05, 0) is 32.5 Å². The molecule has 1 saturated heterocycles. The van der Waals surface area contributed by atoms with Gasteiger partial charge in [0.1, 0.15) is 17.9 Å². The molecule has 12 heteroatoms. The molecule has 1 aliphatic rings. The standard InChI is InChI=1S/C27H25F4N5O2S/c1-14(28)26(37)33-11-10-32-25-19-9-8-16(17-6-3-7-18-21(30)24(31)39-23(17)18)20(29)22(19)34-27(35-25)38-13-15-5-4-12-36(15)2/h3,6-9,15H,1,4-5,10-13H2,2H3,(H,33,37)(H,32,34,35)/t15-/m0/s1. The average Bonchev–Trinajstić information content (AvgIpc) is 3.47. The summed E-state index contributed by atoms with van der Waals surface area (Å²) in [5.41, 5.74) is 0.404. The minimum absolute atomic E-state index is 0.0459. The van der Waals surface area contributed by atoms with Gasteiger partial charge >= 0.3 is 6.01 Å². The third-order valence-electron chi connectivity index (χ3n) is 6.72. The quantitative estimate of drug-likeness (QED) is 0.162. The second-order valence-corrected chi connectivity index (χ2v) is 10.2. The lowest BCUT2D eigenvalue weighted by atomic mass is 10.0. The zero-order chi connectivity index (χ0) is 27.7. The topological polar surface area (TPSA) is 79.4 Å². The maximum Gasteiger partial charge on any atom is 0.319 e. The monoisotopic (exact) mass is 559 g/mol. The number of halogens is 4. The van der Waals surface area contributed by atoms with Gasteiger partial charge in [-0.3, -0.25) is 4.79 Å². The number of likely N-dealkylation sites (tertiary alicyclic amines) is 1. The minimum atomic E-state index is -1.11. The lowest BCUT2D eigenvalue weighted by molar-refractivity contribution is -0.118. The Morgan fingerprint density at radius 1 is 1.13 bits per heavy atom. The number of hydrogen-bond acceptors (Lipinski definition) is 7. The van der Waals surface area contributed by atoms with E-state index >= 15 is 4.39 Å². The zero-order valence-electron chi connectivity index (χ0n) is 21.0. The van der Waals surface area contributed by atoms with Crippen molar-refractivity contribution in [3.8, 4) is 17.1 Å². The Balaban J connectivity index is 1.52. The molecule has 2 aromatic carbocycles. The van der Waals surface area contributed by atoms with E-state index in [0.29, 0.717) is 28.9 Å². The fraction of sp³-hybridized carbons (Fsp3) is 0.296. The van der Waals surface area contributed by atoms with E-state index in [1.807, 2.05) is 7.05 Å². The molecule has 204 valence electrons. The van der Waals surface area contributed by atoms with Gasteiger partial charge in [0.25, 0.3) is 5.91 Å². The molecule has 1 amide bonds. The van der Waals surface area contributed by atoms with Gasteiger partial charge in [0.15, 0.2) is 17.5 Å². The number of benzene rings is 2. The Morgan fingerprint density at radius 2 is 1.95 bits per heavy atom. The molecule has 39 heavy (non-hydrogen) atoms. The first-order valence-corrected chi connectivity index (χ1v) is 13.1. The number of carbonyl (C=O) groups is 1. The van der Waals surface area contributed by atoms with Crippen LogP contribution in [-0.4, -0.2) is 60.1 Å². The van der Waals surface area contributed by atoms with Gasteiger partial charge in [-0.15, -0.1) is 11.3 Å². The third kappa shape index (κ3) is 5.39. The Labute approximate surface area is 225 Å². The maximum absolute atomic E-state index is 16.1. The van der Waals surface area contributed by atoms with Crippen LogP contribution in [0.15, 0.2) is 42.7 Å². The number of carbonyl (C=O) groups excluding carboxylic acids is 1. The summed E-state index contributed by atoms with van der Waals surface area (Å²) in [7, 11) is 2.00. The SMILES string of the molecule is C=C(F)C(=O)NCCNc1nc(OC[C@@H]2CCCN2C)nc2c(F)c(-c3cccc4c(F)c(F)sc34)ccc12. The Hall–Kier alpha value is -3.77. The molecule has 0 radical (unpaired) electrons. The number of anilines is 1. The van der Waals surface area contributed by atoms with Crippen molar-refractivity contribution in [2.24, 2.45) is 0 Å². The van der Waals surface area contributed by atoms with E-state index in [0.717, 1.165) is 19.4 Å². The number of thiophene rings is 1. The van der Waals surface area contributed by atoms with Gasteiger partial charge in [0, 0.05) is 45.7 Å². The fourth-order valence-corrected chi connectivity index (χ4v) is 5.57. The summed E-state index contributed by atoms with van der Waals surface area (Å²) in [4.78, 5) is 22.4. The summed E-state index contributed by atoms with van der Waals surface area (Å²) in [6.45, 7) is 4.40. The molecule has 5 rings (SSSR count). The average molecular weight is 560 g/mol. The summed E-state index contributed by atoms with van der Waals surface area (Å²) in [6, 6.07) is 7.80. The Morgan fingerprint density at radius 3 is 2.69 bits per heavy atom. The van der Waals surface area contributed by atoms with E-state index in [9.17, 15) is 18.0 Å². The molecule has 1 fully saturated rings. The summed E-state index contributed by atoms with van der Waals surface area (Å²) in [5, 5.41) is 4.81. The second kappa shape index (κ2) is 11.1. The van der Waals surface area contributed by atoms with Crippen LogP contribution >= 0.6 is 11.3 Å². The first-order chi connectivity index (χ1) is 18.7. The highest BCUT2D eigenvalue weighted by Crippen LogP contribution is 2.39. The number of aromatic nitrogens is 2. The van der Waals surface area contributed by atoms with Crippen molar-refractivity contribution in [3.63, 3.8) is 0 Å². The van der Waals surface area contributed by atoms with Crippen LogP contribution in [0.4, 0.5) is 23.4 Å². The second-order valence-electron chi connectivity index (χ2n) is 9.23. The number of nitrogens with one attached hydrogen (secondary N) is 2. The van der Waals surface area contributed by atoms with Gasteiger partial charge in [-0.1, -0.05) is 30.8 Å². The number of fused-ring (bicyclic) bond motifs is 2. The van der Waals surface area contributed by atoms with Crippen LogP contribution < -0.4 is 15.4 Å². The summed E-state index contributed by atoms with van der Waals surface area (Å²) >= 11 is 0.611. The van der Waals surface area contributed by atoms with Crippen LogP contribution in [0.1, 0.15) is 12.8 Å². The normalized spacial score (nSPS) is 15.7. The molecular weight excluding hydrogens is 534 g/mol. The summed E-state index contributed by atoms with van der Waals surface area (Å²) in [5.74, 6) is -3.46. The van der Waals surface area contributed by atoms with E-state index < -0.39 is 28.5 Å². The van der Waals surface area contributed by atoms with Crippen molar-refractivity contribution >= 4 is 44.1 Å². The number of ether oxygens (including phenoxy) is 1. The molecular formula is C27H25F4N5O2S. The fourth-order valence-electron chi connectivity index (χ4n) is 4.63. The van der Waals surface area contributed by atoms with Crippen molar-refractivity contribution in [3.05, 3.63) is 59.5 Å². The molecule has 7 nitrogen and oxygen atoms in total. The highest BCUT2D eigenvalue weighted by atomic mass is 32.1. The smallest absolute Gasteiger partial charge is 0.319 e. The van der Waals surface area contributed by atoms with Crippen LogP contribution in [-0.2, 0) is 4.79 Å². The molecule has 2 aromatic heterocycles. The van der Waals surface area contributed by atoms with Crippen LogP contribution in [0.25, 0.3) is 32.1 Å². The van der Waals surface area contributed by atoms with Crippen LogP contribution in [0.5, 0.6) is 6.01 Å². The van der Waals surface area contributed by atoms with Crippen LogP contribution in [0, 0.1) is 16.8 Å². The summed E-state index contributed by atoms with van der Waals surface area (Å²) < 4.78 is 63.4. The van der Waals surface area contributed by atoms with E-state index in [-0.39, 0.29) is 52.1 Å². The molecule has 0 unspecified atom stereocenters. The Bertz CT molecular complexity index is 1580. The lowest BCUT2D eigenvalue weighted by Gasteiger charge is -2.19. The molecule has 0 saturated carbocycles. The lowest BCUT2D eigenvalue weighted by Crippen LogP contribution is -2.31. The number of amides is 1. The third-order valence-corrected chi connectivity index (χ3v) is 7.72. The number of nitrogens with zero attached hydrogens (tertiary/aromatic N) is 3. The largest absolute Gasteiger partial charge is 0.462 e. The summed E-state index contributed by atoms with van der Waals surface area (Å²) in [6.07, 6.45) is 1.99. The number of hydrogen-bond donors (Lipinski definition) is 2. The molecule has 1 aliphatic heterocycles. The van der Waals surface area contributed by atoms with Crippen LogP contribution in [0.2, 0.25) is 0 Å². The van der Waals surface area contributed by atoms with Crippen molar-refractivity contribution in [2.45, 2.75) is 18.9 Å². The molecule has 0 aliphatic carbocycles. The van der Waals surface area contributed by atoms with Crippen LogP contribution in [0.3, 0.4) is 0 Å². The van der Waals surface area contributed by atoms with E-state index in [4.69, 9.17) is 4.74 Å². The molecule has 0 bridgehead atoms.